The number of alkyl halides is 3. The highest BCUT2D eigenvalue weighted by molar-refractivity contribution is 5.59. The molecule has 0 spiro atoms. The minimum absolute atomic E-state index is 0.114. The molecule has 1 fully saturated rings. The summed E-state index contributed by atoms with van der Waals surface area (Å²) in [6.07, 6.45) is -4.64. The maximum absolute atomic E-state index is 13.1. The van der Waals surface area contributed by atoms with Crippen LogP contribution in [-0.4, -0.2) is 11.0 Å². The molecule has 1 aliphatic carbocycles. The van der Waals surface area contributed by atoms with Crippen molar-refractivity contribution in [3.8, 4) is 0 Å². The van der Waals surface area contributed by atoms with Crippen LogP contribution in [0.15, 0.2) is 18.2 Å². The lowest BCUT2D eigenvalue weighted by Crippen LogP contribution is -2.16. The second kappa shape index (κ2) is 4.35. The third kappa shape index (κ3) is 2.45. The fraction of sp³-hybridized carbons (Fsp3) is 0.571. The molecular formula is C14H17F3N2O2. The molecule has 2 rings (SSSR count). The Balaban J connectivity index is 2.39. The molecule has 0 radical (unpaired) electrons. The lowest BCUT2D eigenvalue weighted by molar-refractivity contribution is -0.385. The number of rotatable bonds is 3. The highest BCUT2D eigenvalue weighted by Crippen LogP contribution is 2.64. The first-order valence-corrected chi connectivity index (χ1v) is 6.51. The SMILES string of the molecule is CC1(C)C(Nc2ccc([N+](=O)[O-])cc2C(F)(F)F)C1(C)C. The topological polar surface area (TPSA) is 55.2 Å². The molecule has 116 valence electrons. The number of benzene rings is 1. The summed E-state index contributed by atoms with van der Waals surface area (Å²) in [7, 11) is 0. The van der Waals surface area contributed by atoms with Crippen molar-refractivity contribution in [1.82, 2.24) is 0 Å². The Morgan fingerprint density at radius 3 is 2.10 bits per heavy atom. The normalized spacial score (nSPS) is 20.1. The predicted molar refractivity (Wildman–Crippen MR) is 73.1 cm³/mol. The van der Waals surface area contributed by atoms with Crippen molar-refractivity contribution in [2.75, 3.05) is 5.32 Å². The summed E-state index contributed by atoms with van der Waals surface area (Å²) in [6.45, 7) is 7.90. The lowest BCUT2D eigenvalue weighted by Gasteiger charge is -2.15. The Labute approximate surface area is 120 Å². The molecule has 0 unspecified atom stereocenters. The number of nitrogens with one attached hydrogen (secondary N) is 1. The van der Waals surface area contributed by atoms with E-state index in [1.165, 1.54) is 0 Å². The highest BCUT2D eigenvalue weighted by atomic mass is 19.4. The highest BCUT2D eigenvalue weighted by Gasteiger charge is 2.65. The third-order valence-corrected chi connectivity index (χ3v) is 4.84. The monoisotopic (exact) mass is 302 g/mol. The van der Waals surface area contributed by atoms with E-state index in [1.807, 2.05) is 27.7 Å². The largest absolute Gasteiger partial charge is 0.418 e. The summed E-state index contributed by atoms with van der Waals surface area (Å²) >= 11 is 0. The molecule has 1 aliphatic rings. The maximum atomic E-state index is 13.1. The molecule has 1 aromatic carbocycles. The molecule has 1 aromatic rings. The quantitative estimate of drug-likeness (QED) is 0.662. The Morgan fingerprint density at radius 1 is 1.19 bits per heavy atom. The Kier molecular flexibility index (Phi) is 3.23. The van der Waals surface area contributed by atoms with Gasteiger partial charge in [-0.2, -0.15) is 13.2 Å². The van der Waals surface area contributed by atoms with Crippen molar-refractivity contribution >= 4 is 11.4 Å². The van der Waals surface area contributed by atoms with E-state index in [-0.39, 0.29) is 22.6 Å². The molecule has 0 amide bonds. The Morgan fingerprint density at radius 2 is 1.71 bits per heavy atom. The van der Waals surface area contributed by atoms with Crippen molar-refractivity contribution in [3.63, 3.8) is 0 Å². The van der Waals surface area contributed by atoms with E-state index in [0.717, 1.165) is 12.1 Å². The number of anilines is 1. The van der Waals surface area contributed by atoms with Crippen LogP contribution >= 0.6 is 0 Å². The molecule has 0 aliphatic heterocycles. The van der Waals surface area contributed by atoms with Gasteiger partial charge in [0.25, 0.3) is 5.69 Å². The van der Waals surface area contributed by atoms with Crippen LogP contribution in [0.1, 0.15) is 33.3 Å². The first-order valence-electron chi connectivity index (χ1n) is 6.51. The number of nitro groups is 1. The van der Waals surface area contributed by atoms with Gasteiger partial charge in [0, 0.05) is 23.9 Å². The molecule has 0 heterocycles. The summed E-state index contributed by atoms with van der Waals surface area (Å²) in [5, 5.41) is 13.5. The first kappa shape index (κ1) is 15.6. The van der Waals surface area contributed by atoms with Gasteiger partial charge >= 0.3 is 6.18 Å². The van der Waals surface area contributed by atoms with Crippen LogP contribution in [0, 0.1) is 20.9 Å². The van der Waals surface area contributed by atoms with Crippen LogP contribution in [0.25, 0.3) is 0 Å². The van der Waals surface area contributed by atoms with Gasteiger partial charge in [0.15, 0.2) is 0 Å². The maximum Gasteiger partial charge on any atom is 0.418 e. The van der Waals surface area contributed by atoms with Crippen molar-refractivity contribution in [2.24, 2.45) is 10.8 Å². The van der Waals surface area contributed by atoms with Crippen LogP contribution in [-0.2, 0) is 6.18 Å². The molecule has 1 N–H and O–H groups in total. The minimum atomic E-state index is -4.64. The van der Waals surface area contributed by atoms with E-state index < -0.39 is 22.4 Å². The van der Waals surface area contributed by atoms with Crippen LogP contribution in [0.4, 0.5) is 24.5 Å². The molecule has 1 saturated carbocycles. The van der Waals surface area contributed by atoms with Gasteiger partial charge in [-0.25, -0.2) is 0 Å². The summed E-state index contributed by atoms with van der Waals surface area (Å²) in [4.78, 5) is 9.82. The van der Waals surface area contributed by atoms with E-state index in [0.29, 0.717) is 6.07 Å². The lowest BCUT2D eigenvalue weighted by atomic mass is 10.0. The van der Waals surface area contributed by atoms with Gasteiger partial charge in [-0.3, -0.25) is 10.1 Å². The average molecular weight is 302 g/mol. The number of hydrogen-bond acceptors (Lipinski definition) is 3. The fourth-order valence-corrected chi connectivity index (χ4v) is 2.72. The fourth-order valence-electron chi connectivity index (χ4n) is 2.72. The van der Waals surface area contributed by atoms with Gasteiger partial charge in [-0.1, -0.05) is 27.7 Å². The number of hydrogen-bond donors (Lipinski definition) is 1. The molecule has 0 aromatic heterocycles. The molecule has 4 nitrogen and oxygen atoms in total. The second-order valence-electron chi connectivity index (χ2n) is 6.51. The van der Waals surface area contributed by atoms with Crippen LogP contribution in [0.2, 0.25) is 0 Å². The zero-order chi connectivity index (χ0) is 16.2. The number of nitrogens with zero attached hydrogens (tertiary/aromatic N) is 1. The van der Waals surface area contributed by atoms with Crippen molar-refractivity contribution in [1.29, 1.82) is 0 Å². The van der Waals surface area contributed by atoms with E-state index >= 15 is 0 Å². The van der Waals surface area contributed by atoms with Gasteiger partial charge in [-0.05, 0) is 16.9 Å². The number of nitro benzene ring substituents is 1. The molecule has 7 heteroatoms. The van der Waals surface area contributed by atoms with Crippen LogP contribution in [0.3, 0.4) is 0 Å². The van der Waals surface area contributed by atoms with E-state index in [2.05, 4.69) is 5.32 Å². The summed E-state index contributed by atoms with van der Waals surface area (Å²) in [5.74, 6) is 0. The minimum Gasteiger partial charge on any atom is -0.381 e. The van der Waals surface area contributed by atoms with Crippen molar-refractivity contribution in [2.45, 2.75) is 39.9 Å². The number of non-ortho nitro benzene ring substituents is 1. The molecular weight excluding hydrogens is 285 g/mol. The average Bonchev–Trinajstić information content (AvgIpc) is 2.70. The third-order valence-electron chi connectivity index (χ3n) is 4.84. The smallest absolute Gasteiger partial charge is 0.381 e. The predicted octanol–water partition coefficient (Wildman–Crippen LogP) is 4.46. The van der Waals surface area contributed by atoms with Crippen LogP contribution in [0.5, 0.6) is 0 Å². The summed E-state index contributed by atoms with van der Waals surface area (Å²) in [5.41, 5.74) is -1.97. The molecule has 0 bridgehead atoms. The molecule has 21 heavy (non-hydrogen) atoms. The Bertz CT molecular complexity index is 580. The number of halogens is 3. The summed E-state index contributed by atoms with van der Waals surface area (Å²) in [6, 6.07) is 2.67. The van der Waals surface area contributed by atoms with Crippen molar-refractivity contribution < 1.29 is 18.1 Å². The van der Waals surface area contributed by atoms with Gasteiger partial charge in [0.2, 0.25) is 0 Å². The van der Waals surface area contributed by atoms with Gasteiger partial charge < -0.3 is 5.32 Å². The Hall–Kier alpha value is -1.79. The van der Waals surface area contributed by atoms with Crippen LogP contribution < -0.4 is 5.32 Å². The van der Waals surface area contributed by atoms with Gasteiger partial charge in [0.05, 0.1) is 10.5 Å². The van der Waals surface area contributed by atoms with Gasteiger partial charge in [-0.15, -0.1) is 0 Å². The van der Waals surface area contributed by atoms with Gasteiger partial charge in [0.1, 0.15) is 0 Å². The molecule has 0 saturated heterocycles. The first-order chi connectivity index (χ1) is 9.39. The van der Waals surface area contributed by atoms with Crippen molar-refractivity contribution in [3.05, 3.63) is 33.9 Å². The van der Waals surface area contributed by atoms with E-state index in [4.69, 9.17) is 0 Å². The molecule has 0 atom stereocenters. The second-order valence-corrected chi connectivity index (χ2v) is 6.51. The van der Waals surface area contributed by atoms with E-state index in [9.17, 15) is 23.3 Å². The standard InChI is InChI=1S/C14H17F3N2O2/c1-12(2)11(13(12,3)4)18-10-6-5-8(19(20)21)7-9(10)14(15,16)17/h5-7,11,18H,1-4H3. The zero-order valence-corrected chi connectivity index (χ0v) is 12.2. The summed E-state index contributed by atoms with van der Waals surface area (Å²) < 4.78 is 39.3. The zero-order valence-electron chi connectivity index (χ0n) is 12.2. The van der Waals surface area contributed by atoms with E-state index in [1.54, 1.807) is 0 Å².